The largest absolute Gasteiger partial charge is 0.494 e. The highest BCUT2D eigenvalue weighted by atomic mass is 35.5. The van der Waals surface area contributed by atoms with Gasteiger partial charge in [-0.25, -0.2) is 9.78 Å². The Morgan fingerprint density at radius 3 is 2.43 bits per heavy atom. The highest BCUT2D eigenvalue weighted by molar-refractivity contribution is 6.34. The van der Waals surface area contributed by atoms with Crippen molar-refractivity contribution in [1.82, 2.24) is 25.0 Å². The number of carbonyl (C=O) groups excluding carboxylic acids is 4. The standard InChI is InChI=1S/C39H44ClN7O6/c1-24-4-3-5-31(41-24)37(49)42-33-18-28-21-47(44-32(28)20-35(33)52-2)29-9-6-25(7-10-29)22-53-23-26-12-15-45(16-13-26)38(50)27-8-11-30(40)34(19-27)46-17-14-36(48)43-39(46)51/h3-5,8,11,18-21,25-26,29H,6-7,9-10,12-17,22-23H2,1-2H3,(H,42,49)(H,43,48,51). The lowest BCUT2D eigenvalue weighted by Gasteiger charge is -2.33. The van der Waals surface area contributed by atoms with E-state index in [9.17, 15) is 19.2 Å². The summed E-state index contributed by atoms with van der Waals surface area (Å²) in [7, 11) is 1.58. The number of pyridine rings is 1. The Labute approximate surface area is 312 Å². The summed E-state index contributed by atoms with van der Waals surface area (Å²) >= 11 is 6.38. The maximum atomic E-state index is 13.4. The minimum Gasteiger partial charge on any atom is -0.494 e. The Bertz CT molecular complexity index is 2020. The lowest BCUT2D eigenvalue weighted by molar-refractivity contribution is -0.120. The lowest BCUT2D eigenvalue weighted by atomic mass is 9.86. The molecule has 0 spiro atoms. The Morgan fingerprint density at radius 2 is 1.72 bits per heavy atom. The van der Waals surface area contributed by atoms with Crippen LogP contribution in [0.15, 0.2) is 54.7 Å². The van der Waals surface area contributed by atoms with Gasteiger partial charge in [-0.1, -0.05) is 17.7 Å². The fourth-order valence-corrected chi connectivity index (χ4v) is 7.71. The van der Waals surface area contributed by atoms with Crippen LogP contribution in [0, 0.1) is 18.8 Å². The van der Waals surface area contributed by atoms with Crippen LogP contribution < -0.4 is 20.3 Å². The molecule has 1 saturated carbocycles. The molecule has 2 N–H and O–H groups in total. The van der Waals surface area contributed by atoms with Crippen LogP contribution in [0.1, 0.15) is 77.5 Å². The Hall–Kier alpha value is -5.01. The Balaban J connectivity index is 0.858. The number of nitrogens with one attached hydrogen (secondary N) is 2. The van der Waals surface area contributed by atoms with Crippen LogP contribution in [0.4, 0.5) is 16.2 Å². The number of aryl methyl sites for hydroxylation is 1. The first-order valence-electron chi connectivity index (χ1n) is 18.2. The molecule has 2 saturated heterocycles. The van der Waals surface area contributed by atoms with Gasteiger partial charge in [0.1, 0.15) is 11.4 Å². The van der Waals surface area contributed by atoms with Gasteiger partial charge in [0.25, 0.3) is 11.8 Å². The maximum absolute atomic E-state index is 13.4. The van der Waals surface area contributed by atoms with Crippen LogP contribution in [0.25, 0.3) is 10.9 Å². The molecular weight excluding hydrogens is 698 g/mol. The first kappa shape index (κ1) is 36.4. The average molecular weight is 742 g/mol. The summed E-state index contributed by atoms with van der Waals surface area (Å²) in [5.41, 5.74) is 3.40. The van der Waals surface area contributed by atoms with Gasteiger partial charge in [-0.05, 0) is 93.7 Å². The number of hydrogen-bond donors (Lipinski definition) is 2. The molecular formula is C39H44ClN7O6. The number of rotatable bonds is 10. The highest BCUT2D eigenvalue weighted by Gasteiger charge is 2.29. The van der Waals surface area contributed by atoms with Crippen LogP contribution in [-0.4, -0.2) is 83.4 Å². The van der Waals surface area contributed by atoms with Crippen molar-refractivity contribution in [2.75, 3.05) is 50.2 Å². The molecule has 4 heterocycles. The Morgan fingerprint density at radius 1 is 0.962 bits per heavy atom. The summed E-state index contributed by atoms with van der Waals surface area (Å²) in [6.45, 7) is 4.74. The van der Waals surface area contributed by atoms with Gasteiger partial charge in [-0.2, -0.15) is 5.10 Å². The molecule has 13 nitrogen and oxygen atoms in total. The van der Waals surface area contributed by atoms with Gasteiger partial charge in [-0.15, -0.1) is 0 Å². The number of carbonyl (C=O) groups is 4. The minimum absolute atomic E-state index is 0.0976. The second kappa shape index (κ2) is 15.9. The summed E-state index contributed by atoms with van der Waals surface area (Å²) < 4.78 is 13.9. The number of ether oxygens (including phenoxy) is 2. The van der Waals surface area contributed by atoms with Crippen molar-refractivity contribution in [2.24, 2.45) is 11.8 Å². The van der Waals surface area contributed by atoms with E-state index in [-0.39, 0.29) is 30.7 Å². The first-order valence-corrected chi connectivity index (χ1v) is 18.6. The average Bonchev–Trinajstić information content (AvgIpc) is 3.58. The molecule has 0 atom stereocenters. The maximum Gasteiger partial charge on any atom is 0.328 e. The van der Waals surface area contributed by atoms with E-state index in [1.165, 1.54) is 4.90 Å². The van der Waals surface area contributed by atoms with Crippen LogP contribution in [-0.2, 0) is 9.53 Å². The predicted molar refractivity (Wildman–Crippen MR) is 201 cm³/mol. The fourth-order valence-electron chi connectivity index (χ4n) is 7.49. The number of piperidine rings is 1. The molecule has 2 aliphatic heterocycles. The van der Waals surface area contributed by atoms with Gasteiger partial charge >= 0.3 is 6.03 Å². The zero-order chi connectivity index (χ0) is 37.1. The molecule has 2 aromatic heterocycles. The van der Waals surface area contributed by atoms with Crippen molar-refractivity contribution in [3.63, 3.8) is 0 Å². The van der Waals surface area contributed by atoms with E-state index in [1.807, 2.05) is 36.1 Å². The third-order valence-electron chi connectivity index (χ3n) is 10.5. The number of halogens is 1. The molecule has 0 unspecified atom stereocenters. The van der Waals surface area contributed by atoms with E-state index in [2.05, 4.69) is 26.5 Å². The lowest BCUT2D eigenvalue weighted by Crippen LogP contribution is -2.49. The van der Waals surface area contributed by atoms with Gasteiger partial charge in [0, 0.05) is 68.2 Å². The number of amides is 5. The topological polar surface area (TPSA) is 148 Å². The minimum atomic E-state index is -0.537. The molecule has 53 heavy (non-hydrogen) atoms. The molecule has 4 aromatic rings. The second-order valence-electron chi connectivity index (χ2n) is 14.2. The molecule has 278 valence electrons. The molecule has 0 radical (unpaired) electrons. The van der Waals surface area contributed by atoms with Crippen LogP contribution in [0.3, 0.4) is 0 Å². The van der Waals surface area contributed by atoms with E-state index < -0.39 is 6.03 Å². The van der Waals surface area contributed by atoms with E-state index >= 15 is 0 Å². The molecule has 7 rings (SSSR count). The van der Waals surface area contributed by atoms with E-state index in [0.717, 1.165) is 61.7 Å². The van der Waals surface area contributed by atoms with Crippen molar-refractivity contribution in [2.45, 2.75) is 57.9 Å². The Kier molecular flexibility index (Phi) is 10.9. The quantitative estimate of drug-likeness (QED) is 0.190. The number of anilines is 2. The van der Waals surface area contributed by atoms with Crippen molar-refractivity contribution in [3.05, 3.63) is 76.7 Å². The molecule has 0 bridgehead atoms. The first-order chi connectivity index (χ1) is 25.6. The summed E-state index contributed by atoms with van der Waals surface area (Å²) in [6, 6.07) is 13.8. The van der Waals surface area contributed by atoms with Gasteiger partial charge in [0.15, 0.2) is 0 Å². The third-order valence-corrected chi connectivity index (χ3v) is 10.9. The normalized spacial score (nSPS) is 19.7. The number of fused-ring (bicyclic) bond motifs is 1. The number of aromatic nitrogens is 3. The number of hydrogen-bond acceptors (Lipinski definition) is 8. The fraction of sp³-hybridized carbons (Fsp3) is 0.436. The number of methoxy groups -OCH3 is 1. The number of benzene rings is 2. The summed E-state index contributed by atoms with van der Waals surface area (Å²) in [4.78, 5) is 57.8. The van der Waals surface area contributed by atoms with Gasteiger partial charge in [0.2, 0.25) is 5.91 Å². The van der Waals surface area contributed by atoms with E-state index in [0.29, 0.717) is 71.0 Å². The molecule has 3 aliphatic rings. The van der Waals surface area contributed by atoms with E-state index in [1.54, 1.807) is 31.4 Å². The predicted octanol–water partition coefficient (Wildman–Crippen LogP) is 6.40. The number of urea groups is 1. The zero-order valence-electron chi connectivity index (χ0n) is 30.0. The highest BCUT2D eigenvalue weighted by Crippen LogP contribution is 2.36. The second-order valence-corrected chi connectivity index (χ2v) is 14.6. The number of imide groups is 1. The smallest absolute Gasteiger partial charge is 0.328 e. The van der Waals surface area contributed by atoms with Crippen molar-refractivity contribution in [1.29, 1.82) is 0 Å². The molecule has 5 amide bonds. The molecule has 14 heteroatoms. The molecule has 3 fully saturated rings. The van der Waals surface area contributed by atoms with Gasteiger partial charge < -0.3 is 19.7 Å². The zero-order valence-corrected chi connectivity index (χ0v) is 30.7. The van der Waals surface area contributed by atoms with Crippen molar-refractivity contribution in [3.8, 4) is 5.75 Å². The van der Waals surface area contributed by atoms with Gasteiger partial charge in [0.05, 0.1) is 35.1 Å². The van der Waals surface area contributed by atoms with Crippen LogP contribution in [0.2, 0.25) is 5.02 Å². The number of likely N-dealkylation sites (tertiary alicyclic amines) is 1. The summed E-state index contributed by atoms with van der Waals surface area (Å²) in [6.07, 6.45) is 8.08. The summed E-state index contributed by atoms with van der Waals surface area (Å²) in [5, 5.41) is 11.4. The van der Waals surface area contributed by atoms with E-state index in [4.69, 9.17) is 26.2 Å². The molecule has 2 aromatic carbocycles. The third kappa shape index (κ3) is 8.31. The van der Waals surface area contributed by atoms with Crippen LogP contribution in [0.5, 0.6) is 5.75 Å². The summed E-state index contributed by atoms with van der Waals surface area (Å²) in [5.74, 6) is 0.710. The molecule has 1 aliphatic carbocycles. The van der Waals surface area contributed by atoms with Crippen molar-refractivity contribution < 1.29 is 28.7 Å². The SMILES string of the molecule is COc1cc2nn(C3CCC(COCC4CCN(C(=O)c5ccc(Cl)c(N6CCC(=O)NC6=O)c5)CC4)CC3)cc2cc1NC(=O)c1cccc(C)n1. The van der Waals surface area contributed by atoms with Gasteiger partial charge in [-0.3, -0.25) is 29.3 Å². The monoisotopic (exact) mass is 741 g/mol. The van der Waals surface area contributed by atoms with Crippen molar-refractivity contribution >= 4 is 57.6 Å². The number of nitrogens with zero attached hydrogens (tertiary/aromatic N) is 5. The van der Waals surface area contributed by atoms with Crippen LogP contribution >= 0.6 is 11.6 Å².